The van der Waals surface area contributed by atoms with E-state index in [0.29, 0.717) is 11.8 Å². The third-order valence-corrected chi connectivity index (χ3v) is 5.48. The molecule has 1 spiro atoms. The molecule has 1 heterocycles. The molecule has 0 aromatic carbocycles. The van der Waals surface area contributed by atoms with Gasteiger partial charge in [0.25, 0.3) is 0 Å². The number of carbonyl (C=O) groups excluding carboxylic acids is 1. The Labute approximate surface area is 101 Å². The molecule has 0 N–H and O–H groups in total. The molecule has 4 saturated carbocycles. The van der Waals surface area contributed by atoms with Crippen LogP contribution >= 0.6 is 0 Å². The second-order valence-electron chi connectivity index (χ2n) is 6.39. The minimum absolute atomic E-state index is 0.124. The lowest BCUT2D eigenvalue weighted by Crippen LogP contribution is -2.61. The summed E-state index contributed by atoms with van der Waals surface area (Å²) in [4.78, 5) is 10.8. The van der Waals surface area contributed by atoms with Crippen LogP contribution in [0.2, 0.25) is 0 Å². The zero-order chi connectivity index (χ0) is 11.5. The Bertz CT molecular complexity index is 372. The van der Waals surface area contributed by atoms with Gasteiger partial charge in [0.1, 0.15) is 5.94 Å². The van der Waals surface area contributed by atoms with Crippen molar-refractivity contribution in [2.75, 3.05) is 13.2 Å². The number of hydrogen-bond donors (Lipinski definition) is 0. The molecule has 5 fully saturated rings. The summed E-state index contributed by atoms with van der Waals surface area (Å²) < 4.78 is 12.0. The van der Waals surface area contributed by atoms with E-state index in [1.54, 1.807) is 6.08 Å². The fourth-order valence-corrected chi connectivity index (χ4v) is 5.20. The van der Waals surface area contributed by atoms with Gasteiger partial charge in [-0.05, 0) is 38.0 Å². The second kappa shape index (κ2) is 3.23. The van der Waals surface area contributed by atoms with Crippen molar-refractivity contribution in [3.8, 4) is 0 Å². The molecule has 0 amide bonds. The van der Waals surface area contributed by atoms with Gasteiger partial charge in [0.2, 0.25) is 0 Å². The SMILES string of the molecule is O=C=CC12CC3CC(C1)C1(OCCO1)C(C3)C2. The highest BCUT2D eigenvalue weighted by atomic mass is 16.7. The van der Waals surface area contributed by atoms with Crippen LogP contribution in [0.1, 0.15) is 32.1 Å². The summed E-state index contributed by atoms with van der Waals surface area (Å²) >= 11 is 0. The van der Waals surface area contributed by atoms with E-state index >= 15 is 0 Å². The van der Waals surface area contributed by atoms with E-state index < -0.39 is 0 Å². The van der Waals surface area contributed by atoms with Gasteiger partial charge in [-0.3, -0.25) is 0 Å². The van der Waals surface area contributed by atoms with Crippen LogP contribution < -0.4 is 0 Å². The van der Waals surface area contributed by atoms with Gasteiger partial charge in [0, 0.05) is 23.3 Å². The maximum Gasteiger partial charge on any atom is 0.174 e. The van der Waals surface area contributed by atoms with Crippen LogP contribution in [0.4, 0.5) is 0 Å². The topological polar surface area (TPSA) is 35.5 Å². The molecule has 3 heteroatoms. The molecule has 5 aliphatic rings. The first-order valence-electron chi connectivity index (χ1n) is 6.76. The van der Waals surface area contributed by atoms with Crippen LogP contribution in [0.3, 0.4) is 0 Å². The predicted octanol–water partition coefficient (Wildman–Crippen LogP) is 1.94. The summed E-state index contributed by atoms with van der Waals surface area (Å²) in [5, 5.41) is 0. The summed E-state index contributed by atoms with van der Waals surface area (Å²) in [6, 6.07) is 0. The van der Waals surface area contributed by atoms with Gasteiger partial charge < -0.3 is 9.47 Å². The Balaban J connectivity index is 1.74. The second-order valence-corrected chi connectivity index (χ2v) is 6.39. The fourth-order valence-electron chi connectivity index (χ4n) is 5.20. The maximum atomic E-state index is 10.8. The van der Waals surface area contributed by atoms with Gasteiger partial charge >= 0.3 is 0 Å². The van der Waals surface area contributed by atoms with Crippen LogP contribution in [-0.4, -0.2) is 24.9 Å². The lowest BCUT2D eigenvalue weighted by Gasteiger charge is -2.61. The van der Waals surface area contributed by atoms with Gasteiger partial charge in [0.15, 0.2) is 5.79 Å². The largest absolute Gasteiger partial charge is 0.347 e. The van der Waals surface area contributed by atoms with Gasteiger partial charge in [-0.25, -0.2) is 4.79 Å². The lowest BCUT2D eigenvalue weighted by atomic mass is 9.47. The number of ether oxygens (including phenoxy) is 2. The van der Waals surface area contributed by atoms with Crippen molar-refractivity contribution in [1.82, 2.24) is 0 Å². The molecule has 0 radical (unpaired) electrons. The Morgan fingerprint density at radius 3 is 2.29 bits per heavy atom. The van der Waals surface area contributed by atoms with Crippen LogP contribution in [0, 0.1) is 23.2 Å². The zero-order valence-electron chi connectivity index (χ0n) is 9.98. The molecular weight excluding hydrogens is 216 g/mol. The molecular formula is C14H18O3. The van der Waals surface area contributed by atoms with E-state index in [0.717, 1.165) is 32.0 Å². The normalized spacial score (nSPS) is 49.5. The number of rotatable bonds is 1. The fraction of sp³-hybridized carbons (Fsp3) is 0.857. The lowest BCUT2D eigenvalue weighted by molar-refractivity contribution is -0.297. The van der Waals surface area contributed by atoms with E-state index in [-0.39, 0.29) is 11.2 Å². The summed E-state index contributed by atoms with van der Waals surface area (Å²) in [5.41, 5.74) is 0.124. The summed E-state index contributed by atoms with van der Waals surface area (Å²) in [5.74, 6) is 3.54. The van der Waals surface area contributed by atoms with E-state index in [9.17, 15) is 4.79 Å². The van der Waals surface area contributed by atoms with Crippen molar-refractivity contribution in [2.45, 2.75) is 37.9 Å². The average molecular weight is 234 g/mol. The molecule has 5 rings (SSSR count). The summed E-state index contributed by atoms with van der Waals surface area (Å²) in [7, 11) is 0. The van der Waals surface area contributed by atoms with Gasteiger partial charge in [-0.2, -0.15) is 0 Å². The number of hydrogen-bond acceptors (Lipinski definition) is 3. The maximum absolute atomic E-state index is 10.8. The van der Waals surface area contributed by atoms with Crippen LogP contribution in [0.25, 0.3) is 0 Å². The van der Waals surface area contributed by atoms with Gasteiger partial charge in [-0.15, -0.1) is 0 Å². The molecule has 2 unspecified atom stereocenters. The van der Waals surface area contributed by atoms with Crippen molar-refractivity contribution in [1.29, 1.82) is 0 Å². The minimum Gasteiger partial charge on any atom is -0.347 e. The van der Waals surface area contributed by atoms with Crippen molar-refractivity contribution >= 4 is 5.94 Å². The molecule has 4 aliphatic carbocycles. The van der Waals surface area contributed by atoms with Gasteiger partial charge in [-0.1, -0.05) is 0 Å². The van der Waals surface area contributed by atoms with Crippen LogP contribution in [-0.2, 0) is 14.3 Å². The monoisotopic (exact) mass is 234 g/mol. The van der Waals surface area contributed by atoms with E-state index in [1.807, 2.05) is 5.94 Å². The van der Waals surface area contributed by atoms with E-state index in [4.69, 9.17) is 9.47 Å². The molecule has 0 aromatic rings. The van der Waals surface area contributed by atoms with Crippen molar-refractivity contribution in [3.05, 3.63) is 6.08 Å². The molecule has 17 heavy (non-hydrogen) atoms. The highest BCUT2D eigenvalue weighted by molar-refractivity contribution is 5.48. The standard InChI is InChI=1S/C14H18O3/c15-2-1-13-7-10-5-11(8-13)14(12(6-10)9-13)16-3-4-17-14/h1,10-12H,3-9H2. The van der Waals surface area contributed by atoms with E-state index in [2.05, 4.69) is 0 Å². The van der Waals surface area contributed by atoms with Crippen molar-refractivity contribution in [3.63, 3.8) is 0 Å². The minimum atomic E-state index is -0.281. The summed E-state index contributed by atoms with van der Waals surface area (Å²) in [6.07, 6.45) is 7.58. The molecule has 1 aliphatic heterocycles. The van der Waals surface area contributed by atoms with E-state index in [1.165, 1.54) is 19.3 Å². The van der Waals surface area contributed by atoms with Crippen LogP contribution in [0.5, 0.6) is 0 Å². The Hall–Kier alpha value is -0.630. The molecule has 92 valence electrons. The highest BCUT2D eigenvalue weighted by Gasteiger charge is 2.64. The third kappa shape index (κ3) is 1.22. The smallest absolute Gasteiger partial charge is 0.174 e. The molecule has 1 saturated heterocycles. The first-order chi connectivity index (χ1) is 8.26. The predicted molar refractivity (Wildman–Crippen MR) is 60.9 cm³/mol. The third-order valence-electron chi connectivity index (χ3n) is 5.48. The van der Waals surface area contributed by atoms with Gasteiger partial charge in [0.05, 0.1) is 13.2 Å². The molecule has 0 aromatic heterocycles. The van der Waals surface area contributed by atoms with Crippen molar-refractivity contribution < 1.29 is 14.3 Å². The first-order valence-corrected chi connectivity index (χ1v) is 6.76. The quantitative estimate of drug-likeness (QED) is 0.650. The molecule has 3 nitrogen and oxygen atoms in total. The Kier molecular flexibility index (Phi) is 1.96. The highest BCUT2D eigenvalue weighted by Crippen LogP contribution is 2.65. The average Bonchev–Trinajstić information content (AvgIpc) is 2.75. The van der Waals surface area contributed by atoms with Crippen molar-refractivity contribution in [2.24, 2.45) is 23.2 Å². The first kappa shape index (κ1) is 10.3. The summed E-state index contributed by atoms with van der Waals surface area (Å²) in [6.45, 7) is 1.49. The zero-order valence-corrected chi connectivity index (χ0v) is 9.98. The Morgan fingerprint density at radius 2 is 1.71 bits per heavy atom. The molecule has 2 atom stereocenters. The van der Waals surface area contributed by atoms with Crippen LogP contribution in [0.15, 0.2) is 6.08 Å². The number of allylic oxidation sites excluding steroid dienone is 1. The Morgan fingerprint density at radius 1 is 1.06 bits per heavy atom. The molecule has 4 bridgehead atoms.